The van der Waals surface area contributed by atoms with Crippen LogP contribution in [0.1, 0.15) is 41.0 Å². The SMILES string of the molecule is C=C(c1ccc(C)c(NS(=O)(=O)Cc2ccc(F)cc2F)c1)N1CCC(c2ccc(N)cc2)CC1. The molecule has 0 spiro atoms. The van der Waals surface area contributed by atoms with Gasteiger partial charge in [0, 0.05) is 36.1 Å². The zero-order valence-electron chi connectivity index (χ0n) is 19.6. The summed E-state index contributed by atoms with van der Waals surface area (Å²) in [4.78, 5) is 2.21. The molecule has 0 unspecified atom stereocenters. The van der Waals surface area contributed by atoms with Crippen molar-refractivity contribution in [2.45, 2.75) is 31.4 Å². The lowest BCUT2D eigenvalue weighted by molar-refractivity contribution is 0.299. The van der Waals surface area contributed by atoms with Crippen LogP contribution in [0.25, 0.3) is 5.70 Å². The summed E-state index contributed by atoms with van der Waals surface area (Å²) in [7, 11) is -3.92. The van der Waals surface area contributed by atoms with E-state index < -0.39 is 27.4 Å². The van der Waals surface area contributed by atoms with Crippen LogP contribution in [-0.4, -0.2) is 26.4 Å². The molecule has 3 N–H and O–H groups in total. The van der Waals surface area contributed by atoms with E-state index in [1.807, 2.05) is 24.3 Å². The van der Waals surface area contributed by atoms with Gasteiger partial charge in [-0.15, -0.1) is 0 Å². The van der Waals surface area contributed by atoms with Crippen molar-refractivity contribution >= 4 is 27.1 Å². The molecular weight excluding hydrogens is 468 g/mol. The molecular formula is C27H29F2N3O2S. The Labute approximate surface area is 205 Å². The molecule has 1 aliphatic heterocycles. The maximum Gasteiger partial charge on any atom is 0.237 e. The van der Waals surface area contributed by atoms with Crippen LogP contribution in [0.3, 0.4) is 0 Å². The first-order valence-electron chi connectivity index (χ1n) is 11.5. The number of likely N-dealkylation sites (tertiary alicyclic amines) is 1. The van der Waals surface area contributed by atoms with Gasteiger partial charge in [-0.2, -0.15) is 0 Å². The number of anilines is 2. The number of rotatable bonds is 7. The Kier molecular flexibility index (Phi) is 7.12. The molecule has 1 aliphatic rings. The lowest BCUT2D eigenvalue weighted by Gasteiger charge is -2.35. The van der Waals surface area contributed by atoms with Gasteiger partial charge in [-0.25, -0.2) is 17.2 Å². The number of nitrogens with one attached hydrogen (secondary N) is 1. The quantitative estimate of drug-likeness (QED) is 0.414. The lowest BCUT2D eigenvalue weighted by atomic mass is 9.89. The molecule has 35 heavy (non-hydrogen) atoms. The third-order valence-electron chi connectivity index (χ3n) is 6.48. The molecule has 0 saturated carbocycles. The first kappa shape index (κ1) is 24.7. The van der Waals surface area contributed by atoms with E-state index in [-0.39, 0.29) is 5.56 Å². The predicted octanol–water partition coefficient (Wildman–Crippen LogP) is 5.65. The van der Waals surface area contributed by atoms with Crippen molar-refractivity contribution in [3.63, 3.8) is 0 Å². The summed E-state index contributed by atoms with van der Waals surface area (Å²) in [6.07, 6.45) is 1.97. The number of aryl methyl sites for hydroxylation is 1. The Morgan fingerprint density at radius 2 is 1.74 bits per heavy atom. The maximum absolute atomic E-state index is 14.0. The first-order valence-corrected chi connectivity index (χ1v) is 13.1. The maximum atomic E-state index is 14.0. The van der Waals surface area contributed by atoms with Crippen LogP contribution in [0.5, 0.6) is 0 Å². The number of piperidine rings is 1. The van der Waals surface area contributed by atoms with Gasteiger partial charge in [0.2, 0.25) is 10.0 Å². The molecule has 1 fully saturated rings. The molecule has 0 radical (unpaired) electrons. The second-order valence-electron chi connectivity index (χ2n) is 9.00. The molecule has 8 heteroatoms. The van der Waals surface area contributed by atoms with Crippen molar-refractivity contribution in [2.75, 3.05) is 23.5 Å². The molecule has 0 amide bonds. The number of halogens is 2. The van der Waals surface area contributed by atoms with E-state index in [9.17, 15) is 17.2 Å². The van der Waals surface area contributed by atoms with Crippen molar-refractivity contribution in [3.05, 3.63) is 101 Å². The molecule has 1 heterocycles. The molecule has 0 atom stereocenters. The standard InChI is InChI=1S/C27H29F2N3O2S/c1-18-3-4-22(15-27(18)31-35(33,34)17-23-5-8-24(28)16-26(23)29)19(2)32-13-11-21(12-14-32)20-6-9-25(30)10-7-20/h3-10,15-16,21,31H,2,11-14,17,30H2,1H3. The van der Waals surface area contributed by atoms with Gasteiger partial charge in [0.1, 0.15) is 11.6 Å². The Morgan fingerprint density at radius 3 is 2.40 bits per heavy atom. The van der Waals surface area contributed by atoms with Gasteiger partial charge in [0.25, 0.3) is 0 Å². The van der Waals surface area contributed by atoms with Crippen LogP contribution >= 0.6 is 0 Å². The highest BCUT2D eigenvalue weighted by molar-refractivity contribution is 7.91. The fourth-order valence-electron chi connectivity index (χ4n) is 4.39. The normalized spacial score (nSPS) is 14.7. The summed E-state index contributed by atoms with van der Waals surface area (Å²) in [5.74, 6) is -1.78. The number of nitrogen functional groups attached to an aromatic ring is 1. The van der Waals surface area contributed by atoms with Crippen LogP contribution < -0.4 is 10.5 Å². The third kappa shape index (κ3) is 6.00. The molecule has 0 aliphatic carbocycles. The molecule has 5 nitrogen and oxygen atoms in total. The summed E-state index contributed by atoms with van der Waals surface area (Å²) >= 11 is 0. The van der Waals surface area contributed by atoms with Crippen LogP contribution in [0.4, 0.5) is 20.2 Å². The number of benzene rings is 3. The molecule has 3 aromatic rings. The predicted molar refractivity (Wildman–Crippen MR) is 137 cm³/mol. The van der Waals surface area contributed by atoms with Gasteiger partial charge in [-0.1, -0.05) is 36.9 Å². The first-order chi connectivity index (χ1) is 16.6. The Balaban J connectivity index is 1.44. The monoisotopic (exact) mass is 497 g/mol. The minimum absolute atomic E-state index is 0.0962. The van der Waals surface area contributed by atoms with E-state index in [1.165, 1.54) is 5.56 Å². The van der Waals surface area contributed by atoms with Gasteiger partial charge in [-0.3, -0.25) is 4.72 Å². The zero-order valence-corrected chi connectivity index (χ0v) is 20.4. The summed E-state index contributed by atoms with van der Waals surface area (Å²) < 4.78 is 55.1. The summed E-state index contributed by atoms with van der Waals surface area (Å²) in [6.45, 7) is 7.73. The van der Waals surface area contributed by atoms with Crippen LogP contribution in [-0.2, 0) is 15.8 Å². The topological polar surface area (TPSA) is 75.4 Å². The zero-order chi connectivity index (χ0) is 25.2. The van der Waals surface area contributed by atoms with Crippen molar-refractivity contribution in [3.8, 4) is 0 Å². The van der Waals surface area contributed by atoms with Gasteiger partial charge in [0.15, 0.2) is 0 Å². The van der Waals surface area contributed by atoms with E-state index in [0.717, 1.165) is 60.6 Å². The van der Waals surface area contributed by atoms with Crippen molar-refractivity contribution in [1.29, 1.82) is 0 Å². The van der Waals surface area contributed by atoms with Gasteiger partial charge in [0.05, 0.1) is 11.4 Å². The summed E-state index contributed by atoms with van der Waals surface area (Å²) in [6, 6.07) is 16.4. The molecule has 3 aromatic carbocycles. The summed E-state index contributed by atoms with van der Waals surface area (Å²) in [5, 5.41) is 0. The van der Waals surface area contributed by atoms with Gasteiger partial charge in [-0.05, 0) is 66.6 Å². The Hall–Kier alpha value is -3.39. The summed E-state index contributed by atoms with van der Waals surface area (Å²) in [5.41, 5.74) is 10.5. The molecule has 0 bridgehead atoms. The second-order valence-corrected chi connectivity index (χ2v) is 10.7. The number of sulfonamides is 1. The second kappa shape index (κ2) is 10.1. The number of hydrogen-bond donors (Lipinski definition) is 2. The minimum Gasteiger partial charge on any atom is -0.399 e. The van der Waals surface area contributed by atoms with Crippen molar-refractivity contribution in [1.82, 2.24) is 4.90 Å². The lowest BCUT2D eigenvalue weighted by Crippen LogP contribution is -2.31. The van der Waals surface area contributed by atoms with Crippen LogP contribution in [0.2, 0.25) is 0 Å². The van der Waals surface area contributed by atoms with Crippen LogP contribution in [0.15, 0.2) is 67.2 Å². The van der Waals surface area contributed by atoms with Crippen LogP contribution in [0, 0.1) is 18.6 Å². The molecule has 0 aromatic heterocycles. The average molecular weight is 498 g/mol. The fourth-order valence-corrected chi connectivity index (χ4v) is 5.66. The number of nitrogens with zero attached hydrogens (tertiary/aromatic N) is 1. The van der Waals surface area contributed by atoms with Gasteiger partial charge < -0.3 is 10.6 Å². The third-order valence-corrected chi connectivity index (χ3v) is 7.70. The highest BCUT2D eigenvalue weighted by Crippen LogP contribution is 2.33. The smallest absolute Gasteiger partial charge is 0.237 e. The average Bonchev–Trinajstić information content (AvgIpc) is 2.82. The molecule has 184 valence electrons. The van der Waals surface area contributed by atoms with Crippen molar-refractivity contribution < 1.29 is 17.2 Å². The largest absolute Gasteiger partial charge is 0.399 e. The number of hydrogen-bond acceptors (Lipinski definition) is 4. The number of nitrogens with two attached hydrogens (primary N) is 1. The van der Waals surface area contributed by atoms with E-state index in [2.05, 4.69) is 28.3 Å². The minimum atomic E-state index is -3.92. The van der Waals surface area contributed by atoms with E-state index in [1.54, 1.807) is 13.0 Å². The Morgan fingerprint density at radius 1 is 1.06 bits per heavy atom. The van der Waals surface area contributed by atoms with E-state index in [4.69, 9.17) is 5.73 Å². The Bertz CT molecular complexity index is 1330. The van der Waals surface area contributed by atoms with E-state index in [0.29, 0.717) is 17.7 Å². The van der Waals surface area contributed by atoms with Crippen molar-refractivity contribution in [2.24, 2.45) is 0 Å². The van der Waals surface area contributed by atoms with Gasteiger partial charge >= 0.3 is 0 Å². The molecule has 1 saturated heterocycles. The highest BCUT2D eigenvalue weighted by Gasteiger charge is 2.23. The fraction of sp³-hybridized carbons (Fsp3) is 0.259. The van der Waals surface area contributed by atoms with E-state index >= 15 is 0 Å². The highest BCUT2D eigenvalue weighted by atomic mass is 32.2. The molecule has 4 rings (SSSR count).